The van der Waals surface area contributed by atoms with E-state index in [2.05, 4.69) is 15.0 Å². The van der Waals surface area contributed by atoms with Crippen molar-refractivity contribution in [3.8, 4) is 0 Å². The predicted molar refractivity (Wildman–Crippen MR) is 81.7 cm³/mol. The fourth-order valence-corrected chi connectivity index (χ4v) is 3.18. The molecule has 0 aliphatic heterocycles. The van der Waals surface area contributed by atoms with Crippen molar-refractivity contribution < 1.29 is 14.3 Å². The summed E-state index contributed by atoms with van der Waals surface area (Å²) >= 11 is 1.20. The molecule has 1 aliphatic rings. The number of hydrogen-bond acceptors (Lipinski definition) is 6. The normalized spacial score (nSPS) is 16.5. The third-order valence-corrected chi connectivity index (χ3v) is 4.60. The number of rotatable bonds is 5. The Morgan fingerprint density at radius 1 is 1.38 bits per heavy atom. The van der Waals surface area contributed by atoms with Crippen LogP contribution in [-0.4, -0.2) is 35.4 Å². The fourth-order valence-electron chi connectivity index (χ4n) is 2.44. The van der Waals surface area contributed by atoms with Gasteiger partial charge in [0.1, 0.15) is 10.6 Å². The van der Waals surface area contributed by atoms with E-state index in [-0.39, 0.29) is 11.9 Å². The first-order valence-electron chi connectivity index (χ1n) is 7.18. The average Bonchev–Trinajstić information content (AvgIpc) is 3.07. The van der Waals surface area contributed by atoms with Gasteiger partial charge in [0.05, 0.1) is 5.69 Å². The molecule has 0 spiro atoms. The molecule has 0 bridgehead atoms. The molecule has 2 rings (SSSR count). The minimum atomic E-state index is -0.804. The Morgan fingerprint density at radius 3 is 2.67 bits per heavy atom. The van der Waals surface area contributed by atoms with Gasteiger partial charge in [-0.25, -0.2) is 4.79 Å². The maximum atomic E-state index is 12.2. The molecule has 6 nitrogen and oxygen atoms in total. The van der Waals surface area contributed by atoms with E-state index in [0.29, 0.717) is 16.3 Å². The molecule has 0 radical (unpaired) electrons. The smallest absolute Gasteiger partial charge is 0.343 e. The highest BCUT2D eigenvalue weighted by Gasteiger charge is 2.26. The average molecular weight is 311 g/mol. The molecule has 21 heavy (non-hydrogen) atoms. The number of amides is 1. The zero-order valence-electron chi connectivity index (χ0n) is 12.6. The van der Waals surface area contributed by atoms with Crippen LogP contribution in [0.25, 0.3) is 0 Å². The number of nitrogens with one attached hydrogen (secondary N) is 2. The number of ether oxygens (including phenoxy) is 1. The van der Waals surface area contributed by atoms with Crippen LogP contribution >= 0.6 is 11.5 Å². The van der Waals surface area contributed by atoms with Gasteiger partial charge in [0.15, 0.2) is 6.10 Å². The zero-order chi connectivity index (χ0) is 15.4. The molecule has 1 aromatic heterocycles. The molecule has 0 aromatic carbocycles. The molecule has 1 atom stereocenters. The Kier molecular flexibility index (Phi) is 5.17. The van der Waals surface area contributed by atoms with Gasteiger partial charge in [0.25, 0.3) is 5.91 Å². The Morgan fingerprint density at radius 2 is 2.05 bits per heavy atom. The third kappa shape index (κ3) is 3.72. The van der Waals surface area contributed by atoms with Crippen molar-refractivity contribution in [2.75, 3.05) is 12.4 Å². The van der Waals surface area contributed by atoms with Gasteiger partial charge in [0.2, 0.25) is 0 Å². The number of hydrogen-bond donors (Lipinski definition) is 2. The van der Waals surface area contributed by atoms with Crippen molar-refractivity contribution in [3.63, 3.8) is 0 Å². The van der Waals surface area contributed by atoms with E-state index in [1.54, 1.807) is 20.9 Å². The first kappa shape index (κ1) is 15.8. The molecule has 1 saturated carbocycles. The number of anilines is 1. The lowest BCUT2D eigenvalue weighted by Gasteiger charge is -2.17. The number of carbonyl (C=O) groups is 2. The van der Waals surface area contributed by atoms with E-state index in [0.717, 1.165) is 25.7 Å². The van der Waals surface area contributed by atoms with E-state index < -0.39 is 12.1 Å². The van der Waals surface area contributed by atoms with Crippen LogP contribution in [0.2, 0.25) is 0 Å². The SMILES string of the molecule is CNc1snc(C)c1C(=O)O[C@H](C)C(=O)NC1CCCC1. The number of aromatic nitrogens is 1. The lowest BCUT2D eigenvalue weighted by Crippen LogP contribution is -2.40. The lowest BCUT2D eigenvalue weighted by molar-refractivity contribution is -0.129. The van der Waals surface area contributed by atoms with E-state index in [1.165, 1.54) is 11.5 Å². The predicted octanol–water partition coefficient (Wildman–Crippen LogP) is 2.10. The first-order valence-corrected chi connectivity index (χ1v) is 7.95. The molecular formula is C14H21N3O3S. The van der Waals surface area contributed by atoms with E-state index in [1.807, 2.05) is 0 Å². The molecule has 1 amide bonds. The van der Waals surface area contributed by atoms with Gasteiger partial charge in [-0.1, -0.05) is 12.8 Å². The van der Waals surface area contributed by atoms with Crippen molar-refractivity contribution in [3.05, 3.63) is 11.3 Å². The molecule has 1 fully saturated rings. The summed E-state index contributed by atoms with van der Waals surface area (Å²) in [7, 11) is 1.72. The van der Waals surface area contributed by atoms with E-state index in [4.69, 9.17) is 4.74 Å². The second kappa shape index (κ2) is 6.89. The molecule has 0 unspecified atom stereocenters. The summed E-state index contributed by atoms with van der Waals surface area (Å²) in [6.45, 7) is 3.34. The molecule has 2 N–H and O–H groups in total. The van der Waals surface area contributed by atoms with Gasteiger partial charge < -0.3 is 15.4 Å². The van der Waals surface area contributed by atoms with Gasteiger partial charge in [-0.3, -0.25) is 4.79 Å². The summed E-state index contributed by atoms with van der Waals surface area (Å²) in [5.74, 6) is -0.748. The van der Waals surface area contributed by atoms with E-state index >= 15 is 0 Å². The van der Waals surface area contributed by atoms with Crippen LogP contribution in [0.1, 0.15) is 48.7 Å². The highest BCUT2D eigenvalue weighted by atomic mass is 32.1. The Labute approximate surface area is 128 Å². The topological polar surface area (TPSA) is 80.3 Å². The van der Waals surface area contributed by atoms with Crippen molar-refractivity contribution in [2.45, 2.75) is 51.7 Å². The second-order valence-corrected chi connectivity index (χ2v) is 6.03. The lowest BCUT2D eigenvalue weighted by atomic mass is 10.2. The highest BCUT2D eigenvalue weighted by molar-refractivity contribution is 7.10. The van der Waals surface area contributed by atoms with Crippen LogP contribution in [0.4, 0.5) is 5.00 Å². The van der Waals surface area contributed by atoms with Gasteiger partial charge in [0, 0.05) is 13.1 Å². The Bertz CT molecular complexity index is 524. The molecule has 0 saturated heterocycles. The standard InChI is InChI=1S/C14H21N3O3S/c1-8-11(13(15-3)21-17-8)14(19)20-9(2)12(18)16-10-6-4-5-7-10/h9-10,15H,4-7H2,1-3H3,(H,16,18)/t9-/m1/s1. The quantitative estimate of drug-likeness (QED) is 0.814. The third-order valence-electron chi connectivity index (χ3n) is 3.65. The molecular weight excluding hydrogens is 290 g/mol. The minimum absolute atomic E-state index is 0.219. The summed E-state index contributed by atoms with van der Waals surface area (Å²) in [5.41, 5.74) is 1.01. The second-order valence-electron chi connectivity index (χ2n) is 5.26. The zero-order valence-corrected chi connectivity index (χ0v) is 13.4. The van der Waals surface area contributed by atoms with Crippen molar-refractivity contribution in [1.82, 2.24) is 9.69 Å². The molecule has 1 aliphatic carbocycles. The summed E-state index contributed by atoms with van der Waals surface area (Å²) in [5, 5.41) is 6.49. The van der Waals surface area contributed by atoms with Gasteiger partial charge >= 0.3 is 5.97 Å². The number of carbonyl (C=O) groups excluding carboxylic acids is 2. The first-order chi connectivity index (χ1) is 10.0. The highest BCUT2D eigenvalue weighted by Crippen LogP contribution is 2.25. The van der Waals surface area contributed by atoms with Gasteiger partial charge in [-0.05, 0) is 38.2 Å². The van der Waals surface area contributed by atoms with E-state index in [9.17, 15) is 9.59 Å². The Hall–Kier alpha value is -1.63. The summed E-state index contributed by atoms with van der Waals surface area (Å²) in [6, 6.07) is 0.219. The summed E-state index contributed by atoms with van der Waals surface area (Å²) in [6.07, 6.45) is 3.49. The fraction of sp³-hybridized carbons (Fsp3) is 0.643. The number of esters is 1. The van der Waals surface area contributed by atoms with Crippen LogP contribution in [0, 0.1) is 6.92 Å². The van der Waals surface area contributed by atoms with Gasteiger partial charge in [-0.15, -0.1) is 0 Å². The van der Waals surface area contributed by atoms with Gasteiger partial charge in [-0.2, -0.15) is 4.37 Å². The monoisotopic (exact) mass is 311 g/mol. The molecule has 1 aromatic rings. The minimum Gasteiger partial charge on any atom is -0.449 e. The Balaban J connectivity index is 1.94. The van der Waals surface area contributed by atoms with Crippen molar-refractivity contribution >= 4 is 28.4 Å². The maximum Gasteiger partial charge on any atom is 0.343 e. The summed E-state index contributed by atoms with van der Waals surface area (Å²) < 4.78 is 9.39. The van der Waals surface area contributed by atoms with Crippen LogP contribution < -0.4 is 10.6 Å². The van der Waals surface area contributed by atoms with Crippen LogP contribution in [0.3, 0.4) is 0 Å². The number of nitrogens with zero attached hydrogens (tertiary/aromatic N) is 1. The maximum absolute atomic E-state index is 12.2. The van der Waals surface area contributed by atoms with Crippen LogP contribution in [0.15, 0.2) is 0 Å². The largest absolute Gasteiger partial charge is 0.449 e. The van der Waals surface area contributed by atoms with Crippen molar-refractivity contribution in [1.29, 1.82) is 0 Å². The van der Waals surface area contributed by atoms with Crippen LogP contribution in [-0.2, 0) is 9.53 Å². The molecule has 7 heteroatoms. The van der Waals surface area contributed by atoms with Crippen molar-refractivity contribution in [2.24, 2.45) is 0 Å². The molecule has 1 heterocycles. The molecule has 116 valence electrons. The number of aryl methyl sites for hydroxylation is 1. The van der Waals surface area contributed by atoms with Crippen LogP contribution in [0.5, 0.6) is 0 Å². The summed E-state index contributed by atoms with van der Waals surface area (Å²) in [4.78, 5) is 24.2.